The summed E-state index contributed by atoms with van der Waals surface area (Å²) in [7, 11) is -2.69. The van der Waals surface area contributed by atoms with Crippen molar-refractivity contribution >= 4 is 35.4 Å². The van der Waals surface area contributed by atoms with Crippen molar-refractivity contribution in [1.29, 1.82) is 0 Å². The SMILES string of the molecule is CC(C)(C)OC(=O)N[C@H]1CCC[C@H](Nc2ncc(C(F)(F)F)c(-c3c[nH]c4c(P(C)(C)=O)cccc34)n2)C1. The number of rotatable bonds is 5. The first-order valence-corrected chi connectivity index (χ1v) is 15.1. The van der Waals surface area contributed by atoms with Gasteiger partial charge in [0, 0.05) is 40.7 Å². The molecule has 1 amide bonds. The number of carbonyl (C=O) groups excluding carboxylic acids is 1. The molecule has 12 heteroatoms. The molecule has 1 aliphatic carbocycles. The average Bonchev–Trinajstić information content (AvgIpc) is 3.20. The molecule has 206 valence electrons. The topological polar surface area (TPSA) is 109 Å². The number of amides is 1. The fraction of sp³-hybridized carbons (Fsp3) is 0.500. The average molecular weight is 552 g/mol. The number of carbonyl (C=O) groups is 1. The van der Waals surface area contributed by atoms with Crippen LogP contribution in [-0.4, -0.2) is 52.1 Å². The molecule has 0 saturated heterocycles. The van der Waals surface area contributed by atoms with Crippen molar-refractivity contribution in [3.05, 3.63) is 36.2 Å². The molecule has 0 radical (unpaired) electrons. The molecule has 0 bridgehead atoms. The monoisotopic (exact) mass is 551 g/mol. The highest BCUT2D eigenvalue weighted by Gasteiger charge is 2.36. The van der Waals surface area contributed by atoms with Crippen LogP contribution in [-0.2, 0) is 15.5 Å². The Labute approximate surface area is 219 Å². The molecule has 4 rings (SSSR count). The van der Waals surface area contributed by atoms with Gasteiger partial charge in [-0.3, -0.25) is 0 Å². The maximum Gasteiger partial charge on any atom is 0.419 e. The molecule has 1 aliphatic rings. The number of fused-ring (bicyclic) bond motifs is 1. The number of alkyl halides is 3. The molecule has 38 heavy (non-hydrogen) atoms. The Morgan fingerprint density at radius 2 is 1.87 bits per heavy atom. The second-order valence-corrected chi connectivity index (χ2v) is 14.2. The van der Waals surface area contributed by atoms with Crippen LogP contribution in [0.2, 0.25) is 0 Å². The van der Waals surface area contributed by atoms with E-state index >= 15 is 0 Å². The number of alkyl carbamates (subject to hydrolysis) is 1. The number of benzene rings is 1. The molecule has 3 aromatic rings. The summed E-state index contributed by atoms with van der Waals surface area (Å²) in [6.45, 7) is 8.59. The highest BCUT2D eigenvalue weighted by atomic mass is 31.2. The van der Waals surface area contributed by atoms with Gasteiger partial charge in [-0.05, 0) is 65.9 Å². The van der Waals surface area contributed by atoms with Crippen LogP contribution in [0.3, 0.4) is 0 Å². The minimum atomic E-state index is -4.67. The van der Waals surface area contributed by atoms with Crippen molar-refractivity contribution < 1.29 is 27.3 Å². The predicted octanol–water partition coefficient (Wildman–Crippen LogP) is 6.14. The van der Waals surface area contributed by atoms with E-state index in [0.29, 0.717) is 22.6 Å². The van der Waals surface area contributed by atoms with Crippen molar-refractivity contribution in [1.82, 2.24) is 20.3 Å². The zero-order valence-electron chi connectivity index (χ0n) is 22.1. The van der Waals surface area contributed by atoms with Crippen LogP contribution >= 0.6 is 7.14 Å². The lowest BCUT2D eigenvalue weighted by atomic mass is 9.91. The van der Waals surface area contributed by atoms with Gasteiger partial charge in [-0.1, -0.05) is 12.1 Å². The van der Waals surface area contributed by atoms with Gasteiger partial charge < -0.3 is 24.9 Å². The summed E-state index contributed by atoms with van der Waals surface area (Å²) in [6.07, 6.45) is -0.0317. The van der Waals surface area contributed by atoms with E-state index in [4.69, 9.17) is 4.74 Å². The van der Waals surface area contributed by atoms with E-state index in [1.54, 1.807) is 52.3 Å². The third-order valence-corrected chi connectivity index (χ3v) is 7.88. The largest absolute Gasteiger partial charge is 0.444 e. The summed E-state index contributed by atoms with van der Waals surface area (Å²) in [5, 5.41) is 7.10. The zero-order valence-corrected chi connectivity index (χ0v) is 23.0. The summed E-state index contributed by atoms with van der Waals surface area (Å²) in [4.78, 5) is 23.5. The number of halogens is 3. The van der Waals surface area contributed by atoms with Crippen molar-refractivity contribution in [2.24, 2.45) is 0 Å². The smallest absolute Gasteiger partial charge is 0.419 e. The van der Waals surface area contributed by atoms with Gasteiger partial charge in [0.05, 0.1) is 11.2 Å². The van der Waals surface area contributed by atoms with Crippen LogP contribution in [0.25, 0.3) is 22.2 Å². The Morgan fingerprint density at radius 1 is 1.16 bits per heavy atom. The molecule has 3 N–H and O–H groups in total. The second-order valence-electron chi connectivity index (χ2n) is 11.1. The summed E-state index contributed by atoms with van der Waals surface area (Å²) >= 11 is 0. The number of ether oxygens (including phenoxy) is 1. The van der Waals surface area contributed by atoms with E-state index in [9.17, 15) is 22.5 Å². The van der Waals surface area contributed by atoms with Gasteiger partial charge in [0.25, 0.3) is 0 Å². The highest BCUT2D eigenvalue weighted by molar-refractivity contribution is 7.70. The number of nitrogens with one attached hydrogen (secondary N) is 3. The molecular weight excluding hydrogens is 518 g/mol. The number of anilines is 1. The van der Waals surface area contributed by atoms with Gasteiger partial charge in [0.2, 0.25) is 5.95 Å². The van der Waals surface area contributed by atoms with Crippen LogP contribution in [0.4, 0.5) is 23.9 Å². The Kier molecular flexibility index (Phi) is 7.54. The number of hydrogen-bond acceptors (Lipinski definition) is 6. The summed E-state index contributed by atoms with van der Waals surface area (Å²) in [5.74, 6) is 0.0677. The zero-order chi connectivity index (χ0) is 27.9. The normalized spacial score (nSPS) is 18.8. The molecule has 0 unspecified atom stereocenters. The highest BCUT2D eigenvalue weighted by Crippen LogP contribution is 2.42. The molecular formula is C26H33F3N5O3P. The van der Waals surface area contributed by atoms with Gasteiger partial charge in [-0.25, -0.2) is 14.8 Å². The fourth-order valence-electron chi connectivity index (χ4n) is 4.76. The summed E-state index contributed by atoms with van der Waals surface area (Å²) in [6, 6.07) is 4.79. The number of nitrogens with zero attached hydrogens (tertiary/aromatic N) is 2. The number of hydrogen-bond donors (Lipinski definition) is 3. The molecule has 2 heterocycles. The first kappa shape index (κ1) is 28.0. The maximum absolute atomic E-state index is 14.0. The first-order chi connectivity index (χ1) is 17.6. The molecule has 2 atom stereocenters. The lowest BCUT2D eigenvalue weighted by molar-refractivity contribution is -0.137. The Morgan fingerprint density at radius 3 is 2.53 bits per heavy atom. The van der Waals surface area contributed by atoms with Crippen LogP contribution in [0.15, 0.2) is 30.6 Å². The van der Waals surface area contributed by atoms with Gasteiger partial charge in [-0.2, -0.15) is 13.2 Å². The number of H-pyrrole nitrogens is 1. The van der Waals surface area contributed by atoms with E-state index in [-0.39, 0.29) is 29.3 Å². The van der Waals surface area contributed by atoms with Gasteiger partial charge >= 0.3 is 12.3 Å². The summed E-state index contributed by atoms with van der Waals surface area (Å²) < 4.78 is 60.1. The molecule has 2 aromatic heterocycles. The van der Waals surface area contributed by atoms with Crippen LogP contribution < -0.4 is 15.9 Å². The van der Waals surface area contributed by atoms with E-state index in [2.05, 4.69) is 25.6 Å². The Hall–Kier alpha value is -3.07. The Bertz CT molecular complexity index is 1380. The van der Waals surface area contributed by atoms with Gasteiger partial charge in [0.15, 0.2) is 0 Å². The molecule has 1 saturated carbocycles. The van der Waals surface area contributed by atoms with Crippen LogP contribution in [0.1, 0.15) is 52.0 Å². The van der Waals surface area contributed by atoms with E-state index < -0.39 is 30.6 Å². The van der Waals surface area contributed by atoms with Crippen molar-refractivity contribution in [2.45, 2.75) is 70.3 Å². The predicted molar refractivity (Wildman–Crippen MR) is 142 cm³/mol. The van der Waals surface area contributed by atoms with Crippen molar-refractivity contribution in [3.63, 3.8) is 0 Å². The summed E-state index contributed by atoms with van der Waals surface area (Å²) in [5.41, 5.74) is -1.06. The third kappa shape index (κ3) is 6.49. The van der Waals surface area contributed by atoms with Gasteiger partial charge in [-0.15, -0.1) is 0 Å². The molecule has 0 spiro atoms. The Balaban J connectivity index is 1.62. The quantitative estimate of drug-likeness (QED) is 0.329. The lowest BCUT2D eigenvalue weighted by Gasteiger charge is -2.31. The van der Waals surface area contributed by atoms with Gasteiger partial charge in [0.1, 0.15) is 18.3 Å². The standard InChI is InChI=1S/C26H33F3N5O3P/c1-25(2,3)37-24(35)33-16-9-6-8-15(12-16)32-23-31-14-19(26(27,28)29)21(34-23)18-13-30-22-17(18)10-7-11-20(22)38(4,5)36/h7,10-11,13-16,30H,6,8-9,12H2,1-5H3,(H,33,35)(H,31,32,34)/t15-,16-/m0/s1. The van der Waals surface area contributed by atoms with E-state index in [1.165, 1.54) is 6.20 Å². The first-order valence-electron chi connectivity index (χ1n) is 12.5. The molecule has 1 fully saturated rings. The third-order valence-electron chi connectivity index (χ3n) is 6.35. The van der Waals surface area contributed by atoms with E-state index in [1.807, 2.05) is 0 Å². The van der Waals surface area contributed by atoms with Crippen LogP contribution in [0.5, 0.6) is 0 Å². The molecule has 1 aromatic carbocycles. The maximum atomic E-state index is 14.0. The minimum Gasteiger partial charge on any atom is -0.444 e. The van der Waals surface area contributed by atoms with Crippen molar-refractivity contribution in [2.75, 3.05) is 18.6 Å². The molecule has 8 nitrogen and oxygen atoms in total. The number of aromatic amines is 1. The fourth-order valence-corrected chi connectivity index (χ4v) is 5.92. The van der Waals surface area contributed by atoms with E-state index in [0.717, 1.165) is 25.5 Å². The number of para-hydroxylation sites is 1. The van der Waals surface area contributed by atoms with Crippen molar-refractivity contribution in [3.8, 4) is 11.3 Å². The second kappa shape index (κ2) is 10.2. The molecule has 0 aliphatic heterocycles. The van der Waals surface area contributed by atoms with Crippen LogP contribution in [0, 0.1) is 0 Å². The number of aromatic nitrogens is 3. The lowest BCUT2D eigenvalue weighted by Crippen LogP contribution is -2.44. The minimum absolute atomic E-state index is 0.0677.